The van der Waals surface area contributed by atoms with Crippen LogP contribution in [0, 0.1) is 11.8 Å². The highest BCUT2D eigenvalue weighted by molar-refractivity contribution is 4.92. The molecule has 3 aliphatic heterocycles. The summed E-state index contributed by atoms with van der Waals surface area (Å²) >= 11 is 0. The Labute approximate surface area is 101 Å². The minimum absolute atomic E-state index is 0.695. The molecule has 0 saturated carbocycles. The quantitative estimate of drug-likeness (QED) is 0.772. The summed E-state index contributed by atoms with van der Waals surface area (Å²) in [5, 5.41) is 3.91. The van der Waals surface area contributed by atoms with Crippen molar-refractivity contribution in [1.82, 2.24) is 10.2 Å². The zero-order chi connectivity index (χ0) is 11.5. The molecule has 2 atom stereocenters. The summed E-state index contributed by atoms with van der Waals surface area (Å²) < 4.78 is 0. The molecule has 3 rings (SSSR count). The summed E-state index contributed by atoms with van der Waals surface area (Å²) in [5.74, 6) is 1.82. The third-order valence-electron chi connectivity index (χ3n) is 4.89. The van der Waals surface area contributed by atoms with Crippen molar-refractivity contribution in [3.8, 4) is 0 Å². The Morgan fingerprint density at radius 1 is 1.19 bits per heavy atom. The normalized spacial score (nSPS) is 35.6. The number of hydrogen-bond acceptors (Lipinski definition) is 2. The van der Waals surface area contributed by atoms with Gasteiger partial charge in [-0.15, -0.1) is 0 Å². The maximum atomic E-state index is 3.91. The van der Waals surface area contributed by atoms with Crippen molar-refractivity contribution in [2.75, 3.05) is 19.6 Å². The summed E-state index contributed by atoms with van der Waals surface area (Å²) in [4.78, 5) is 2.64. The Morgan fingerprint density at radius 3 is 2.25 bits per heavy atom. The van der Waals surface area contributed by atoms with E-state index in [0.29, 0.717) is 6.04 Å². The van der Waals surface area contributed by atoms with Gasteiger partial charge in [-0.25, -0.2) is 0 Å². The van der Waals surface area contributed by atoms with E-state index in [-0.39, 0.29) is 0 Å². The van der Waals surface area contributed by atoms with Gasteiger partial charge in [-0.1, -0.05) is 26.7 Å². The molecular formula is C14H28N2. The van der Waals surface area contributed by atoms with Crippen molar-refractivity contribution in [3.63, 3.8) is 0 Å². The summed E-state index contributed by atoms with van der Waals surface area (Å²) in [6.45, 7) is 11.0. The zero-order valence-electron chi connectivity index (χ0n) is 11.2. The van der Waals surface area contributed by atoms with Crippen molar-refractivity contribution in [2.24, 2.45) is 11.8 Å². The van der Waals surface area contributed by atoms with Gasteiger partial charge in [0.15, 0.2) is 0 Å². The summed E-state index contributed by atoms with van der Waals surface area (Å²) in [6, 6.07) is 1.47. The van der Waals surface area contributed by atoms with E-state index in [1.807, 2.05) is 0 Å². The van der Waals surface area contributed by atoms with Gasteiger partial charge in [0.25, 0.3) is 0 Å². The molecule has 3 fully saturated rings. The van der Waals surface area contributed by atoms with Crippen molar-refractivity contribution in [3.05, 3.63) is 0 Å². The second-order valence-electron chi connectivity index (χ2n) is 5.78. The Kier molecular flexibility index (Phi) is 4.26. The summed E-state index contributed by atoms with van der Waals surface area (Å²) in [6.07, 6.45) is 5.47. The van der Waals surface area contributed by atoms with Gasteiger partial charge in [0, 0.05) is 18.6 Å². The highest BCUT2D eigenvalue weighted by Crippen LogP contribution is 2.28. The lowest BCUT2D eigenvalue weighted by atomic mass is 9.83. The van der Waals surface area contributed by atoms with E-state index in [0.717, 1.165) is 17.9 Å². The summed E-state index contributed by atoms with van der Waals surface area (Å²) in [7, 11) is 0. The molecule has 2 bridgehead atoms. The minimum atomic E-state index is 0.695. The second-order valence-corrected chi connectivity index (χ2v) is 5.78. The molecule has 2 heteroatoms. The van der Waals surface area contributed by atoms with Crippen molar-refractivity contribution in [1.29, 1.82) is 0 Å². The predicted octanol–water partition coefficient (Wildman–Crippen LogP) is 2.49. The first-order chi connectivity index (χ1) is 7.74. The molecule has 0 spiro atoms. The molecule has 3 saturated heterocycles. The molecule has 0 aromatic carbocycles. The molecule has 0 aliphatic carbocycles. The van der Waals surface area contributed by atoms with Crippen LogP contribution in [0.3, 0.4) is 0 Å². The maximum absolute atomic E-state index is 3.91. The van der Waals surface area contributed by atoms with Crippen LogP contribution in [0.1, 0.15) is 46.5 Å². The van der Waals surface area contributed by atoms with Gasteiger partial charge in [0.1, 0.15) is 0 Å². The van der Waals surface area contributed by atoms with Gasteiger partial charge in [-0.2, -0.15) is 0 Å². The van der Waals surface area contributed by atoms with Crippen LogP contribution in [-0.4, -0.2) is 36.6 Å². The van der Waals surface area contributed by atoms with Gasteiger partial charge in [-0.3, -0.25) is 0 Å². The predicted molar refractivity (Wildman–Crippen MR) is 69.6 cm³/mol. The monoisotopic (exact) mass is 224 g/mol. The van der Waals surface area contributed by atoms with Crippen LogP contribution < -0.4 is 5.32 Å². The first kappa shape index (κ1) is 12.4. The van der Waals surface area contributed by atoms with Crippen molar-refractivity contribution in [2.45, 2.75) is 58.5 Å². The molecule has 0 amide bonds. The smallest absolute Gasteiger partial charge is 0.0226 e. The number of fused-ring (bicyclic) bond motifs is 3. The Bertz CT molecular complexity index is 205. The maximum Gasteiger partial charge on any atom is 0.0226 e. The SMILES string of the molecule is CCC(CC)C(C)NC1CN2CCC1CC2. The van der Waals surface area contributed by atoms with Crippen LogP contribution in [0.25, 0.3) is 0 Å². The number of nitrogens with zero attached hydrogens (tertiary/aromatic N) is 1. The molecule has 0 radical (unpaired) electrons. The van der Waals surface area contributed by atoms with Crippen LogP contribution in [0.5, 0.6) is 0 Å². The lowest BCUT2D eigenvalue weighted by Crippen LogP contribution is -2.58. The van der Waals surface area contributed by atoms with Gasteiger partial charge >= 0.3 is 0 Å². The molecule has 3 aliphatic rings. The molecule has 2 unspecified atom stereocenters. The highest BCUT2D eigenvalue weighted by atomic mass is 15.2. The second kappa shape index (κ2) is 5.50. The van der Waals surface area contributed by atoms with Gasteiger partial charge in [-0.05, 0) is 44.7 Å². The topological polar surface area (TPSA) is 15.3 Å². The van der Waals surface area contributed by atoms with E-state index in [4.69, 9.17) is 0 Å². The first-order valence-corrected chi connectivity index (χ1v) is 7.23. The van der Waals surface area contributed by atoms with Gasteiger partial charge in [0.05, 0.1) is 0 Å². The summed E-state index contributed by atoms with van der Waals surface area (Å²) in [5.41, 5.74) is 0. The molecule has 2 nitrogen and oxygen atoms in total. The van der Waals surface area contributed by atoms with E-state index in [1.165, 1.54) is 45.3 Å². The lowest BCUT2D eigenvalue weighted by molar-refractivity contribution is 0.0634. The number of hydrogen-bond donors (Lipinski definition) is 1. The largest absolute Gasteiger partial charge is 0.310 e. The highest BCUT2D eigenvalue weighted by Gasteiger charge is 2.34. The van der Waals surface area contributed by atoms with Crippen LogP contribution in [0.4, 0.5) is 0 Å². The molecule has 0 aromatic rings. The average Bonchev–Trinajstić information content (AvgIpc) is 2.32. The number of piperidine rings is 3. The lowest BCUT2D eigenvalue weighted by Gasteiger charge is -2.46. The van der Waals surface area contributed by atoms with E-state index >= 15 is 0 Å². The van der Waals surface area contributed by atoms with Crippen LogP contribution in [-0.2, 0) is 0 Å². The molecule has 0 aromatic heterocycles. The molecule has 3 heterocycles. The van der Waals surface area contributed by atoms with E-state index in [2.05, 4.69) is 31.0 Å². The van der Waals surface area contributed by atoms with Gasteiger partial charge < -0.3 is 10.2 Å². The fourth-order valence-electron chi connectivity index (χ4n) is 3.62. The number of rotatable bonds is 5. The minimum Gasteiger partial charge on any atom is -0.310 e. The molecule has 94 valence electrons. The van der Waals surface area contributed by atoms with Gasteiger partial charge in [0.2, 0.25) is 0 Å². The van der Waals surface area contributed by atoms with Crippen LogP contribution in [0.2, 0.25) is 0 Å². The number of nitrogens with one attached hydrogen (secondary N) is 1. The van der Waals surface area contributed by atoms with Crippen molar-refractivity contribution < 1.29 is 0 Å². The van der Waals surface area contributed by atoms with Crippen LogP contribution in [0.15, 0.2) is 0 Å². The van der Waals surface area contributed by atoms with Crippen molar-refractivity contribution >= 4 is 0 Å². The Morgan fingerprint density at radius 2 is 1.81 bits per heavy atom. The Hall–Kier alpha value is -0.0800. The zero-order valence-corrected chi connectivity index (χ0v) is 11.2. The standard InChI is InChI=1S/C14H28N2/c1-4-12(5-2)11(3)15-14-10-16-8-6-13(14)7-9-16/h11-15H,4-10H2,1-3H3. The fraction of sp³-hybridized carbons (Fsp3) is 1.00. The van der Waals surface area contributed by atoms with E-state index in [9.17, 15) is 0 Å². The molecular weight excluding hydrogens is 196 g/mol. The Balaban J connectivity index is 1.85. The first-order valence-electron chi connectivity index (χ1n) is 7.23. The molecule has 16 heavy (non-hydrogen) atoms. The third kappa shape index (κ3) is 2.60. The molecule has 1 N–H and O–H groups in total. The fourth-order valence-corrected chi connectivity index (χ4v) is 3.62. The average molecular weight is 224 g/mol. The third-order valence-corrected chi connectivity index (χ3v) is 4.89. The van der Waals surface area contributed by atoms with E-state index < -0.39 is 0 Å². The van der Waals surface area contributed by atoms with E-state index in [1.54, 1.807) is 0 Å². The van der Waals surface area contributed by atoms with Crippen LogP contribution >= 0.6 is 0 Å².